The number of benzene rings is 2. The van der Waals surface area contributed by atoms with Crippen LogP contribution in [0.4, 0.5) is 0 Å². The highest BCUT2D eigenvalue weighted by Crippen LogP contribution is 2.33. The van der Waals surface area contributed by atoms with Crippen LogP contribution >= 0.6 is 0 Å². The summed E-state index contributed by atoms with van der Waals surface area (Å²) in [6, 6.07) is 16.7. The number of para-hydroxylation sites is 1. The monoisotopic (exact) mass is 268 g/mol. The molecule has 3 aromatic rings. The van der Waals surface area contributed by atoms with E-state index in [2.05, 4.69) is 0 Å². The lowest BCUT2D eigenvalue weighted by atomic mass is 10.2. The Morgan fingerprint density at radius 1 is 1.05 bits per heavy atom. The van der Waals surface area contributed by atoms with Crippen LogP contribution in [0.2, 0.25) is 0 Å². The van der Waals surface area contributed by atoms with Crippen molar-refractivity contribution in [2.24, 2.45) is 0 Å². The van der Waals surface area contributed by atoms with Gasteiger partial charge in [-0.2, -0.15) is 0 Å². The van der Waals surface area contributed by atoms with Gasteiger partial charge in [0, 0.05) is 0 Å². The van der Waals surface area contributed by atoms with Crippen LogP contribution in [-0.2, 0) is 6.61 Å². The number of rotatable bonds is 4. The molecule has 4 nitrogen and oxygen atoms in total. The maximum absolute atomic E-state index is 11.2. The molecule has 1 aromatic heterocycles. The molecule has 0 atom stereocenters. The second kappa shape index (κ2) is 5.09. The van der Waals surface area contributed by atoms with E-state index in [1.165, 1.54) is 0 Å². The molecule has 4 heteroatoms. The average molecular weight is 268 g/mol. The first-order valence-electron chi connectivity index (χ1n) is 6.17. The summed E-state index contributed by atoms with van der Waals surface area (Å²) in [7, 11) is 0. The first kappa shape index (κ1) is 12.3. The second-order valence-electron chi connectivity index (χ2n) is 4.34. The number of fused-ring (bicyclic) bond motifs is 1. The number of furan rings is 1. The third-order valence-corrected chi connectivity index (χ3v) is 2.97. The van der Waals surface area contributed by atoms with Gasteiger partial charge in [0.05, 0.1) is 5.39 Å². The predicted molar refractivity (Wildman–Crippen MR) is 73.9 cm³/mol. The van der Waals surface area contributed by atoms with Gasteiger partial charge in [0.15, 0.2) is 5.75 Å². The molecular weight excluding hydrogens is 256 g/mol. The van der Waals surface area contributed by atoms with E-state index in [0.29, 0.717) is 17.6 Å². The molecule has 100 valence electrons. The van der Waals surface area contributed by atoms with Crippen LogP contribution in [0.3, 0.4) is 0 Å². The van der Waals surface area contributed by atoms with E-state index in [1.54, 1.807) is 18.2 Å². The molecule has 0 aliphatic carbocycles. The van der Waals surface area contributed by atoms with E-state index in [-0.39, 0.29) is 11.5 Å². The fourth-order valence-corrected chi connectivity index (χ4v) is 2.04. The Morgan fingerprint density at radius 2 is 1.75 bits per heavy atom. The van der Waals surface area contributed by atoms with Gasteiger partial charge in [-0.1, -0.05) is 42.5 Å². The molecular formula is C16H12O4. The summed E-state index contributed by atoms with van der Waals surface area (Å²) < 4.78 is 11.0. The molecule has 1 heterocycles. The number of carbonyl (C=O) groups is 1. The highest BCUT2D eigenvalue weighted by Gasteiger charge is 2.21. The van der Waals surface area contributed by atoms with Crippen molar-refractivity contribution in [3.05, 3.63) is 65.9 Å². The Kier molecular flexibility index (Phi) is 3.13. The third-order valence-electron chi connectivity index (χ3n) is 2.97. The summed E-state index contributed by atoms with van der Waals surface area (Å²) in [5.74, 6) is -1.02. The van der Waals surface area contributed by atoms with Crippen LogP contribution in [0, 0.1) is 0 Å². The van der Waals surface area contributed by atoms with Crippen molar-refractivity contribution >= 4 is 16.9 Å². The number of hydrogen-bond donors (Lipinski definition) is 1. The highest BCUT2D eigenvalue weighted by atomic mass is 16.5. The van der Waals surface area contributed by atoms with E-state index >= 15 is 0 Å². The third kappa shape index (κ3) is 2.23. The summed E-state index contributed by atoms with van der Waals surface area (Å²) >= 11 is 0. The largest absolute Gasteiger partial charge is 0.484 e. The number of aromatic carboxylic acids is 1. The minimum atomic E-state index is -1.13. The molecule has 0 unspecified atom stereocenters. The number of hydrogen-bond acceptors (Lipinski definition) is 3. The molecule has 3 rings (SSSR count). The Hall–Kier alpha value is -2.75. The Balaban J connectivity index is 1.97. The van der Waals surface area contributed by atoms with Crippen molar-refractivity contribution in [3.8, 4) is 5.75 Å². The van der Waals surface area contributed by atoms with E-state index in [4.69, 9.17) is 9.15 Å². The molecule has 0 aliphatic heterocycles. The Bertz CT molecular complexity index is 744. The van der Waals surface area contributed by atoms with Crippen LogP contribution in [0.5, 0.6) is 5.75 Å². The highest BCUT2D eigenvalue weighted by molar-refractivity contribution is 5.97. The zero-order valence-electron chi connectivity index (χ0n) is 10.6. The number of carboxylic acid groups (broad SMARTS) is 1. The quantitative estimate of drug-likeness (QED) is 0.783. The first-order chi connectivity index (χ1) is 9.75. The van der Waals surface area contributed by atoms with Crippen molar-refractivity contribution < 1.29 is 19.1 Å². The van der Waals surface area contributed by atoms with Gasteiger partial charge < -0.3 is 14.3 Å². The average Bonchev–Trinajstić information content (AvgIpc) is 2.85. The van der Waals surface area contributed by atoms with Crippen molar-refractivity contribution in [2.45, 2.75) is 6.61 Å². The molecule has 0 fully saturated rings. The maximum Gasteiger partial charge on any atom is 0.375 e. The number of ether oxygens (including phenoxy) is 1. The molecule has 1 N–H and O–H groups in total. The fourth-order valence-electron chi connectivity index (χ4n) is 2.04. The van der Waals surface area contributed by atoms with Crippen molar-refractivity contribution in [1.29, 1.82) is 0 Å². The van der Waals surface area contributed by atoms with Crippen molar-refractivity contribution in [3.63, 3.8) is 0 Å². The Morgan fingerprint density at radius 3 is 2.50 bits per heavy atom. The van der Waals surface area contributed by atoms with Crippen LogP contribution < -0.4 is 4.74 Å². The first-order valence-corrected chi connectivity index (χ1v) is 6.17. The molecule has 0 saturated heterocycles. The topological polar surface area (TPSA) is 59.7 Å². The van der Waals surface area contributed by atoms with Gasteiger partial charge in [-0.05, 0) is 17.7 Å². The minimum Gasteiger partial charge on any atom is -0.484 e. The molecule has 0 radical (unpaired) electrons. The summed E-state index contributed by atoms with van der Waals surface area (Å²) in [5.41, 5.74) is 1.47. The standard InChI is InChI=1S/C16H12O4/c17-16(18)15-14(12-8-4-5-9-13(12)20-15)19-10-11-6-2-1-3-7-11/h1-9H,10H2,(H,17,18). The Labute approximate surface area is 115 Å². The summed E-state index contributed by atoms with van der Waals surface area (Å²) in [4.78, 5) is 11.2. The SMILES string of the molecule is O=C(O)c1oc2ccccc2c1OCc1ccccc1. The summed E-state index contributed by atoms with van der Waals surface area (Å²) in [6.07, 6.45) is 0. The van der Waals surface area contributed by atoms with Crippen molar-refractivity contribution in [2.75, 3.05) is 0 Å². The summed E-state index contributed by atoms with van der Waals surface area (Å²) in [6.45, 7) is 0.296. The van der Waals surface area contributed by atoms with Gasteiger partial charge in [0.1, 0.15) is 12.2 Å². The van der Waals surface area contributed by atoms with Crippen molar-refractivity contribution in [1.82, 2.24) is 0 Å². The van der Waals surface area contributed by atoms with Gasteiger partial charge in [0.25, 0.3) is 5.76 Å². The molecule has 2 aromatic carbocycles. The van der Waals surface area contributed by atoms with Gasteiger partial charge in [-0.3, -0.25) is 0 Å². The molecule has 0 bridgehead atoms. The zero-order valence-corrected chi connectivity index (χ0v) is 10.6. The molecule has 0 aliphatic rings. The lowest BCUT2D eigenvalue weighted by molar-refractivity contribution is 0.0658. The molecule has 0 spiro atoms. The van der Waals surface area contributed by atoms with E-state index in [9.17, 15) is 9.90 Å². The van der Waals surface area contributed by atoms with Crippen LogP contribution in [0.1, 0.15) is 16.1 Å². The fraction of sp³-hybridized carbons (Fsp3) is 0.0625. The normalized spacial score (nSPS) is 10.6. The van der Waals surface area contributed by atoms with Gasteiger partial charge in [0.2, 0.25) is 0 Å². The zero-order chi connectivity index (χ0) is 13.9. The molecule has 0 saturated carbocycles. The van der Waals surface area contributed by atoms with E-state index < -0.39 is 5.97 Å². The van der Waals surface area contributed by atoms with Gasteiger partial charge >= 0.3 is 5.97 Å². The van der Waals surface area contributed by atoms with Gasteiger partial charge in [-0.15, -0.1) is 0 Å². The van der Waals surface area contributed by atoms with Crippen LogP contribution in [0.15, 0.2) is 59.0 Å². The lowest BCUT2D eigenvalue weighted by Gasteiger charge is -2.05. The summed E-state index contributed by atoms with van der Waals surface area (Å²) in [5, 5.41) is 9.86. The lowest BCUT2D eigenvalue weighted by Crippen LogP contribution is -2.01. The van der Waals surface area contributed by atoms with Crippen LogP contribution in [-0.4, -0.2) is 11.1 Å². The van der Waals surface area contributed by atoms with E-state index in [0.717, 1.165) is 5.56 Å². The smallest absolute Gasteiger partial charge is 0.375 e. The second-order valence-corrected chi connectivity index (χ2v) is 4.34. The number of carboxylic acids is 1. The maximum atomic E-state index is 11.2. The predicted octanol–water partition coefficient (Wildman–Crippen LogP) is 3.71. The van der Waals surface area contributed by atoms with E-state index in [1.807, 2.05) is 36.4 Å². The minimum absolute atomic E-state index is 0.165. The van der Waals surface area contributed by atoms with Crippen LogP contribution in [0.25, 0.3) is 11.0 Å². The van der Waals surface area contributed by atoms with Gasteiger partial charge in [-0.25, -0.2) is 4.79 Å². The molecule has 0 amide bonds. The molecule has 20 heavy (non-hydrogen) atoms.